The second-order valence-corrected chi connectivity index (χ2v) is 8.33. The molecular formula is C26H36N2O5. The second kappa shape index (κ2) is 14.0. The third kappa shape index (κ3) is 9.92. The van der Waals surface area contributed by atoms with Crippen molar-refractivity contribution in [3.8, 4) is 0 Å². The summed E-state index contributed by atoms with van der Waals surface area (Å²) in [6.45, 7) is 4.27. The average molecular weight is 457 g/mol. The van der Waals surface area contributed by atoms with Gasteiger partial charge in [0.2, 0.25) is 5.91 Å². The highest BCUT2D eigenvalue weighted by molar-refractivity contribution is 5.88. The highest BCUT2D eigenvalue weighted by Crippen LogP contribution is 2.17. The molecule has 2 aliphatic rings. The van der Waals surface area contributed by atoms with Gasteiger partial charge >= 0.3 is 0 Å². The minimum absolute atomic E-state index is 0.0173. The van der Waals surface area contributed by atoms with Crippen molar-refractivity contribution in [2.24, 2.45) is 0 Å². The molecule has 180 valence electrons. The van der Waals surface area contributed by atoms with Crippen LogP contribution in [0.25, 0.3) is 0 Å². The standard InChI is InChI=1S/C14H19NO3.C12H17NO2/c1-11(16)15-13-7-5-12(6-8-13)10-18-14-4-2-3-9-17-14;13-11-6-4-10(5-7-11)9-15-12-3-1-2-8-14-12/h5-8,14H,2-4,9-10H2,1H3,(H,15,16);4-7,12H,1-3,8-9,13H2. The fraction of sp³-hybridized carbons (Fsp3) is 0.500. The Morgan fingerprint density at radius 3 is 1.76 bits per heavy atom. The van der Waals surface area contributed by atoms with E-state index in [9.17, 15) is 4.79 Å². The molecule has 2 saturated heterocycles. The molecule has 2 unspecified atom stereocenters. The highest BCUT2D eigenvalue weighted by Gasteiger charge is 2.14. The Labute approximate surface area is 196 Å². The maximum absolute atomic E-state index is 10.9. The lowest BCUT2D eigenvalue weighted by molar-refractivity contribution is -0.169. The third-order valence-corrected chi connectivity index (χ3v) is 5.40. The van der Waals surface area contributed by atoms with Crippen molar-refractivity contribution in [2.45, 2.75) is 71.2 Å². The van der Waals surface area contributed by atoms with Gasteiger partial charge in [-0.3, -0.25) is 4.79 Å². The number of nitrogens with one attached hydrogen (secondary N) is 1. The van der Waals surface area contributed by atoms with E-state index in [4.69, 9.17) is 24.7 Å². The molecule has 0 aromatic heterocycles. The summed E-state index contributed by atoms with van der Waals surface area (Å²) in [5, 5.41) is 2.73. The Bertz CT molecular complexity index is 814. The van der Waals surface area contributed by atoms with Gasteiger partial charge in [-0.15, -0.1) is 0 Å². The maximum atomic E-state index is 10.9. The van der Waals surface area contributed by atoms with Crippen molar-refractivity contribution in [2.75, 3.05) is 24.3 Å². The third-order valence-electron chi connectivity index (χ3n) is 5.40. The number of rotatable bonds is 7. The zero-order valence-electron chi connectivity index (χ0n) is 19.5. The Morgan fingerprint density at radius 2 is 1.33 bits per heavy atom. The molecule has 2 fully saturated rings. The lowest BCUT2D eigenvalue weighted by atomic mass is 10.2. The first-order chi connectivity index (χ1) is 16.1. The van der Waals surface area contributed by atoms with Gasteiger partial charge in [0.25, 0.3) is 0 Å². The molecule has 7 nitrogen and oxygen atoms in total. The zero-order valence-corrected chi connectivity index (χ0v) is 19.5. The summed E-state index contributed by atoms with van der Waals surface area (Å²) in [4.78, 5) is 10.9. The van der Waals surface area contributed by atoms with E-state index in [1.165, 1.54) is 19.8 Å². The van der Waals surface area contributed by atoms with Gasteiger partial charge in [-0.25, -0.2) is 0 Å². The van der Waals surface area contributed by atoms with Crippen LogP contribution in [0.4, 0.5) is 11.4 Å². The lowest BCUT2D eigenvalue weighted by Crippen LogP contribution is -2.21. The summed E-state index contributed by atoms with van der Waals surface area (Å²) in [5.41, 5.74) is 9.41. The Hall–Kier alpha value is -2.45. The Morgan fingerprint density at radius 1 is 0.848 bits per heavy atom. The van der Waals surface area contributed by atoms with Crippen LogP contribution in [0.1, 0.15) is 56.6 Å². The van der Waals surface area contributed by atoms with Gasteiger partial charge in [-0.1, -0.05) is 24.3 Å². The molecule has 0 spiro atoms. The van der Waals surface area contributed by atoms with Crippen LogP contribution in [-0.4, -0.2) is 31.7 Å². The number of nitrogen functional groups attached to an aromatic ring is 1. The first-order valence-corrected chi connectivity index (χ1v) is 11.8. The van der Waals surface area contributed by atoms with Crippen LogP contribution in [0.5, 0.6) is 0 Å². The molecule has 0 bridgehead atoms. The van der Waals surface area contributed by atoms with Gasteiger partial charge in [-0.2, -0.15) is 0 Å². The monoisotopic (exact) mass is 456 g/mol. The van der Waals surface area contributed by atoms with E-state index in [2.05, 4.69) is 5.32 Å². The quantitative estimate of drug-likeness (QED) is 0.570. The summed E-state index contributed by atoms with van der Waals surface area (Å²) >= 11 is 0. The molecule has 2 aromatic carbocycles. The number of carbonyl (C=O) groups excluding carboxylic acids is 1. The van der Waals surface area contributed by atoms with E-state index in [0.717, 1.165) is 61.4 Å². The number of hydrogen-bond donors (Lipinski definition) is 2. The molecule has 2 atom stereocenters. The summed E-state index contributed by atoms with van der Waals surface area (Å²) in [6.07, 6.45) is 6.56. The molecule has 0 saturated carbocycles. The number of amides is 1. The number of anilines is 2. The summed E-state index contributed by atoms with van der Waals surface area (Å²) in [7, 11) is 0. The van der Waals surface area contributed by atoms with Crippen LogP contribution in [0, 0.1) is 0 Å². The van der Waals surface area contributed by atoms with Gasteiger partial charge in [0, 0.05) is 31.5 Å². The summed E-state index contributed by atoms with van der Waals surface area (Å²) in [6, 6.07) is 15.4. The largest absolute Gasteiger partial charge is 0.399 e. The first kappa shape index (κ1) is 25.2. The fourth-order valence-corrected chi connectivity index (χ4v) is 3.57. The van der Waals surface area contributed by atoms with Gasteiger partial charge in [0.1, 0.15) is 0 Å². The van der Waals surface area contributed by atoms with Crippen molar-refractivity contribution >= 4 is 17.3 Å². The smallest absolute Gasteiger partial charge is 0.221 e. The molecule has 7 heteroatoms. The topological polar surface area (TPSA) is 92.0 Å². The van der Waals surface area contributed by atoms with Gasteiger partial charge < -0.3 is 30.0 Å². The Kier molecular flexibility index (Phi) is 10.6. The lowest BCUT2D eigenvalue weighted by Gasteiger charge is -2.22. The average Bonchev–Trinajstić information content (AvgIpc) is 2.85. The molecule has 0 aliphatic carbocycles. The number of hydrogen-bond acceptors (Lipinski definition) is 6. The minimum Gasteiger partial charge on any atom is -0.399 e. The number of nitrogens with two attached hydrogens (primary N) is 1. The molecule has 1 amide bonds. The van der Waals surface area contributed by atoms with E-state index in [-0.39, 0.29) is 18.5 Å². The highest BCUT2D eigenvalue weighted by atomic mass is 16.7. The van der Waals surface area contributed by atoms with Crippen molar-refractivity contribution in [3.05, 3.63) is 59.7 Å². The summed E-state index contributed by atoms with van der Waals surface area (Å²) < 4.78 is 22.3. The van der Waals surface area contributed by atoms with Crippen LogP contribution < -0.4 is 11.1 Å². The molecule has 2 aromatic rings. The second-order valence-electron chi connectivity index (χ2n) is 8.33. The molecule has 33 heavy (non-hydrogen) atoms. The van der Waals surface area contributed by atoms with E-state index in [1.807, 2.05) is 48.5 Å². The van der Waals surface area contributed by atoms with Crippen LogP contribution in [0.3, 0.4) is 0 Å². The molecule has 0 radical (unpaired) electrons. The van der Waals surface area contributed by atoms with Crippen LogP contribution >= 0.6 is 0 Å². The number of carbonyl (C=O) groups is 1. The molecule has 2 aliphatic heterocycles. The Balaban J connectivity index is 0.000000189. The zero-order chi connectivity index (χ0) is 23.3. The molecule has 2 heterocycles. The maximum Gasteiger partial charge on any atom is 0.221 e. The minimum atomic E-state index is -0.0613. The van der Waals surface area contributed by atoms with Crippen LogP contribution in [0.15, 0.2) is 48.5 Å². The molecule has 4 rings (SSSR count). The van der Waals surface area contributed by atoms with Crippen molar-refractivity contribution in [1.29, 1.82) is 0 Å². The van der Waals surface area contributed by atoms with Crippen LogP contribution in [-0.2, 0) is 37.0 Å². The molecule has 3 N–H and O–H groups in total. The van der Waals surface area contributed by atoms with E-state index < -0.39 is 0 Å². The number of benzene rings is 2. The van der Waals surface area contributed by atoms with E-state index in [1.54, 1.807) is 0 Å². The van der Waals surface area contributed by atoms with Crippen LogP contribution in [0.2, 0.25) is 0 Å². The first-order valence-electron chi connectivity index (χ1n) is 11.8. The molecular weight excluding hydrogens is 420 g/mol. The van der Waals surface area contributed by atoms with E-state index in [0.29, 0.717) is 13.2 Å². The number of ether oxygens (including phenoxy) is 4. The van der Waals surface area contributed by atoms with Gasteiger partial charge in [-0.05, 0) is 73.9 Å². The fourth-order valence-electron chi connectivity index (χ4n) is 3.57. The predicted octanol–water partition coefficient (Wildman–Crippen LogP) is 5.00. The van der Waals surface area contributed by atoms with Gasteiger partial charge in [0.15, 0.2) is 12.6 Å². The normalized spacial score (nSPS) is 20.4. The SMILES string of the molecule is CC(=O)Nc1ccc(COC2CCCCO2)cc1.Nc1ccc(COC2CCCCO2)cc1. The van der Waals surface area contributed by atoms with Crippen molar-refractivity contribution < 1.29 is 23.7 Å². The van der Waals surface area contributed by atoms with Crippen molar-refractivity contribution in [1.82, 2.24) is 0 Å². The van der Waals surface area contributed by atoms with Crippen molar-refractivity contribution in [3.63, 3.8) is 0 Å². The van der Waals surface area contributed by atoms with Gasteiger partial charge in [0.05, 0.1) is 13.2 Å². The van der Waals surface area contributed by atoms with E-state index >= 15 is 0 Å². The summed E-state index contributed by atoms with van der Waals surface area (Å²) in [5.74, 6) is -0.0606. The predicted molar refractivity (Wildman–Crippen MR) is 128 cm³/mol.